The lowest BCUT2D eigenvalue weighted by atomic mass is 10.2. The van der Waals surface area contributed by atoms with E-state index in [2.05, 4.69) is 31.5 Å². The number of carbonyl (C=O) groups excluding carboxylic acids is 1. The van der Waals surface area contributed by atoms with Crippen molar-refractivity contribution in [2.24, 2.45) is 0 Å². The lowest BCUT2D eigenvalue weighted by Crippen LogP contribution is -2.36. The van der Waals surface area contributed by atoms with Crippen molar-refractivity contribution < 1.29 is 9.53 Å². The molecule has 0 spiro atoms. The molecule has 0 atom stereocenters. The van der Waals surface area contributed by atoms with Crippen LogP contribution in [0.3, 0.4) is 0 Å². The predicted octanol–water partition coefficient (Wildman–Crippen LogP) is 3.34. The Hall–Kier alpha value is -2.05. The highest BCUT2D eigenvalue weighted by Crippen LogP contribution is 2.19. The van der Waals surface area contributed by atoms with Gasteiger partial charge in [0.2, 0.25) is 5.91 Å². The van der Waals surface area contributed by atoms with Crippen LogP contribution in [-0.4, -0.2) is 38.8 Å². The van der Waals surface area contributed by atoms with Gasteiger partial charge < -0.3 is 20.3 Å². The summed E-state index contributed by atoms with van der Waals surface area (Å²) in [4.78, 5) is 14.3. The molecule has 1 aliphatic heterocycles. The number of halogens is 1. The summed E-state index contributed by atoms with van der Waals surface area (Å²) < 4.78 is 6.37. The Morgan fingerprint density at radius 1 is 1.00 bits per heavy atom. The molecule has 24 heavy (non-hydrogen) atoms. The summed E-state index contributed by atoms with van der Waals surface area (Å²) in [5.74, 6) is -0.0722. The van der Waals surface area contributed by atoms with Crippen molar-refractivity contribution in [1.29, 1.82) is 0 Å². The number of hydrogen-bond donors (Lipinski definition) is 2. The number of morpholine rings is 1. The quantitative estimate of drug-likeness (QED) is 0.823. The minimum absolute atomic E-state index is 0.0722. The second-order valence-electron chi connectivity index (χ2n) is 5.55. The van der Waals surface area contributed by atoms with Crippen molar-refractivity contribution in [3.63, 3.8) is 0 Å². The van der Waals surface area contributed by atoms with E-state index in [0.717, 1.165) is 47.8 Å². The van der Waals surface area contributed by atoms with Gasteiger partial charge in [0.25, 0.3) is 0 Å². The summed E-state index contributed by atoms with van der Waals surface area (Å²) in [6.07, 6.45) is 0. The van der Waals surface area contributed by atoms with Crippen LogP contribution in [0.15, 0.2) is 53.0 Å². The zero-order valence-electron chi connectivity index (χ0n) is 13.3. The van der Waals surface area contributed by atoms with Crippen molar-refractivity contribution in [1.82, 2.24) is 0 Å². The third-order valence-electron chi connectivity index (χ3n) is 3.82. The summed E-state index contributed by atoms with van der Waals surface area (Å²) >= 11 is 3.39. The Morgan fingerprint density at radius 2 is 1.62 bits per heavy atom. The third kappa shape index (κ3) is 4.72. The minimum Gasteiger partial charge on any atom is -0.378 e. The second kappa shape index (κ2) is 8.17. The van der Waals surface area contributed by atoms with Crippen LogP contribution in [0.2, 0.25) is 0 Å². The lowest BCUT2D eigenvalue weighted by Gasteiger charge is -2.28. The fraction of sp³-hybridized carbons (Fsp3) is 0.278. The van der Waals surface area contributed by atoms with Crippen LogP contribution in [0.25, 0.3) is 0 Å². The number of hydrogen-bond acceptors (Lipinski definition) is 4. The van der Waals surface area contributed by atoms with Crippen molar-refractivity contribution in [2.45, 2.75) is 0 Å². The van der Waals surface area contributed by atoms with Gasteiger partial charge in [-0.3, -0.25) is 4.79 Å². The molecule has 0 radical (unpaired) electrons. The lowest BCUT2D eigenvalue weighted by molar-refractivity contribution is -0.114. The fourth-order valence-corrected chi connectivity index (χ4v) is 2.80. The molecule has 1 amide bonds. The summed E-state index contributed by atoms with van der Waals surface area (Å²) in [6.45, 7) is 3.57. The first kappa shape index (κ1) is 16.8. The predicted molar refractivity (Wildman–Crippen MR) is 101 cm³/mol. The van der Waals surface area contributed by atoms with Gasteiger partial charge in [0.1, 0.15) is 0 Å². The van der Waals surface area contributed by atoms with E-state index in [1.165, 1.54) is 0 Å². The van der Waals surface area contributed by atoms with Gasteiger partial charge in [-0.25, -0.2) is 0 Å². The molecule has 3 rings (SSSR count). The van der Waals surface area contributed by atoms with Crippen LogP contribution >= 0.6 is 15.9 Å². The van der Waals surface area contributed by atoms with Crippen molar-refractivity contribution in [3.05, 3.63) is 53.0 Å². The SMILES string of the molecule is O=C(CNc1ccc(Br)cc1)Nc1ccc(N2CCOCC2)cc1. The zero-order chi connectivity index (χ0) is 16.8. The van der Waals surface area contributed by atoms with Gasteiger partial charge >= 0.3 is 0 Å². The first-order valence-corrected chi connectivity index (χ1v) is 8.72. The van der Waals surface area contributed by atoms with Gasteiger partial charge in [-0.15, -0.1) is 0 Å². The fourth-order valence-electron chi connectivity index (χ4n) is 2.53. The maximum absolute atomic E-state index is 12.0. The van der Waals surface area contributed by atoms with Gasteiger partial charge in [-0.05, 0) is 48.5 Å². The number of nitrogens with zero attached hydrogens (tertiary/aromatic N) is 1. The van der Waals surface area contributed by atoms with E-state index in [1.54, 1.807) is 0 Å². The van der Waals surface area contributed by atoms with Crippen molar-refractivity contribution in [2.75, 3.05) is 48.4 Å². The molecule has 2 N–H and O–H groups in total. The minimum atomic E-state index is -0.0722. The molecule has 0 aromatic heterocycles. The first-order valence-electron chi connectivity index (χ1n) is 7.93. The number of carbonyl (C=O) groups is 1. The van der Waals surface area contributed by atoms with E-state index in [9.17, 15) is 4.79 Å². The standard InChI is InChI=1S/C18H20BrN3O2/c19-14-1-3-15(4-2-14)20-13-18(23)21-16-5-7-17(8-6-16)22-9-11-24-12-10-22/h1-8,20H,9-13H2,(H,21,23). The number of rotatable bonds is 5. The molecule has 126 valence electrons. The van der Waals surface area contributed by atoms with E-state index in [0.29, 0.717) is 0 Å². The molecule has 0 unspecified atom stereocenters. The van der Waals surface area contributed by atoms with Crippen LogP contribution in [0.4, 0.5) is 17.1 Å². The molecular formula is C18H20BrN3O2. The number of nitrogens with one attached hydrogen (secondary N) is 2. The van der Waals surface area contributed by atoms with Gasteiger partial charge in [-0.1, -0.05) is 15.9 Å². The molecule has 2 aromatic carbocycles. The van der Waals surface area contributed by atoms with Crippen LogP contribution in [0.5, 0.6) is 0 Å². The van der Waals surface area contributed by atoms with Crippen molar-refractivity contribution in [3.8, 4) is 0 Å². The average molecular weight is 390 g/mol. The molecule has 1 fully saturated rings. The van der Waals surface area contributed by atoms with E-state index in [1.807, 2.05) is 48.5 Å². The molecule has 0 saturated carbocycles. The van der Waals surface area contributed by atoms with Crippen LogP contribution in [-0.2, 0) is 9.53 Å². The van der Waals surface area contributed by atoms with Crippen LogP contribution in [0, 0.1) is 0 Å². The summed E-state index contributed by atoms with van der Waals surface area (Å²) in [5, 5.41) is 6.00. The van der Waals surface area contributed by atoms with Gasteiger partial charge in [0, 0.05) is 34.6 Å². The van der Waals surface area contributed by atoms with Crippen LogP contribution in [0.1, 0.15) is 0 Å². The maximum Gasteiger partial charge on any atom is 0.243 e. The Bertz CT molecular complexity index is 668. The highest BCUT2D eigenvalue weighted by Gasteiger charge is 2.11. The normalized spacial score (nSPS) is 14.3. The Kier molecular flexibility index (Phi) is 5.72. The smallest absolute Gasteiger partial charge is 0.243 e. The molecule has 1 heterocycles. The van der Waals surface area contributed by atoms with E-state index in [4.69, 9.17) is 4.74 Å². The molecule has 1 saturated heterocycles. The number of amides is 1. The maximum atomic E-state index is 12.0. The number of ether oxygens (including phenoxy) is 1. The van der Waals surface area contributed by atoms with Crippen LogP contribution < -0.4 is 15.5 Å². The first-order chi connectivity index (χ1) is 11.7. The molecule has 2 aromatic rings. The monoisotopic (exact) mass is 389 g/mol. The molecule has 0 bridgehead atoms. The second-order valence-corrected chi connectivity index (χ2v) is 6.47. The number of benzene rings is 2. The molecule has 1 aliphatic rings. The highest BCUT2D eigenvalue weighted by atomic mass is 79.9. The molecule has 5 nitrogen and oxygen atoms in total. The zero-order valence-corrected chi connectivity index (χ0v) is 14.9. The summed E-state index contributed by atoms with van der Waals surface area (Å²) in [6, 6.07) is 15.6. The summed E-state index contributed by atoms with van der Waals surface area (Å²) in [5.41, 5.74) is 2.87. The molecule has 6 heteroatoms. The summed E-state index contributed by atoms with van der Waals surface area (Å²) in [7, 11) is 0. The average Bonchev–Trinajstić information content (AvgIpc) is 2.63. The molecule has 0 aliphatic carbocycles. The van der Waals surface area contributed by atoms with Gasteiger partial charge in [0.15, 0.2) is 0 Å². The number of anilines is 3. The van der Waals surface area contributed by atoms with E-state index < -0.39 is 0 Å². The topological polar surface area (TPSA) is 53.6 Å². The highest BCUT2D eigenvalue weighted by molar-refractivity contribution is 9.10. The van der Waals surface area contributed by atoms with E-state index >= 15 is 0 Å². The van der Waals surface area contributed by atoms with Gasteiger partial charge in [-0.2, -0.15) is 0 Å². The van der Waals surface area contributed by atoms with Gasteiger partial charge in [0.05, 0.1) is 19.8 Å². The largest absolute Gasteiger partial charge is 0.378 e. The molecular weight excluding hydrogens is 370 g/mol. The van der Waals surface area contributed by atoms with Crippen molar-refractivity contribution >= 4 is 38.9 Å². The Balaban J connectivity index is 1.49. The third-order valence-corrected chi connectivity index (χ3v) is 4.35. The Morgan fingerprint density at radius 3 is 2.29 bits per heavy atom. The Labute approximate surface area is 150 Å². The van der Waals surface area contributed by atoms with E-state index in [-0.39, 0.29) is 12.5 Å².